The average Bonchev–Trinajstić information content (AvgIpc) is 3.63. The molecule has 1 saturated carbocycles. The van der Waals surface area contributed by atoms with Crippen LogP contribution in [-0.2, 0) is 28.8 Å². The van der Waals surface area contributed by atoms with Gasteiger partial charge in [0, 0.05) is 18.9 Å². The van der Waals surface area contributed by atoms with E-state index in [1.807, 2.05) is 0 Å². The van der Waals surface area contributed by atoms with E-state index in [0.717, 1.165) is 12.8 Å². The van der Waals surface area contributed by atoms with Gasteiger partial charge < -0.3 is 31.3 Å². The molecule has 1 aromatic rings. The Bertz CT molecular complexity index is 1340. The SMILES string of the molecule is CCCC(NC(=O)C1[C@H]2CCC[C@H]2CN1C(=O)[C@@H](NC(=O)C(NC(=O)c1cnccn1)C(C)C)C(C)C)C(=O)C(=O)N[C@@H](C)C(=O)O. The maximum Gasteiger partial charge on any atom is 0.325 e. The fraction of sp³-hybridized carbons (Fsp3) is 0.656. The van der Waals surface area contributed by atoms with Gasteiger partial charge in [-0.15, -0.1) is 0 Å². The lowest BCUT2D eigenvalue weighted by Crippen LogP contribution is -2.60. The van der Waals surface area contributed by atoms with E-state index in [9.17, 15) is 33.6 Å². The molecule has 5 N–H and O–H groups in total. The average molecular weight is 658 g/mol. The molecule has 0 bridgehead atoms. The number of hydrogen-bond acceptors (Lipinski definition) is 9. The molecule has 3 unspecified atom stereocenters. The Balaban J connectivity index is 1.81. The van der Waals surface area contributed by atoms with Crippen LogP contribution >= 0.6 is 0 Å². The second kappa shape index (κ2) is 16.4. The molecule has 2 heterocycles. The van der Waals surface area contributed by atoms with Crippen LogP contribution in [-0.4, -0.2) is 98.0 Å². The number of amides is 5. The summed E-state index contributed by atoms with van der Waals surface area (Å²) in [5.74, 6) is -6.45. The van der Waals surface area contributed by atoms with Crippen LogP contribution < -0.4 is 21.3 Å². The van der Waals surface area contributed by atoms with Gasteiger partial charge in [-0.2, -0.15) is 0 Å². The van der Waals surface area contributed by atoms with Gasteiger partial charge in [0.05, 0.1) is 12.2 Å². The molecule has 5 amide bonds. The molecular formula is C32H47N7O8. The molecule has 1 aromatic heterocycles. The van der Waals surface area contributed by atoms with Gasteiger partial charge in [-0.1, -0.05) is 47.5 Å². The van der Waals surface area contributed by atoms with Crippen LogP contribution in [0.5, 0.6) is 0 Å². The Kier molecular flexibility index (Phi) is 12.9. The molecule has 1 aliphatic carbocycles. The predicted octanol–water partition coefficient (Wildman–Crippen LogP) is 0.442. The van der Waals surface area contributed by atoms with Gasteiger partial charge in [-0.05, 0) is 49.9 Å². The van der Waals surface area contributed by atoms with E-state index in [0.29, 0.717) is 19.4 Å². The number of carbonyl (C=O) groups excluding carboxylic acids is 6. The first kappa shape index (κ1) is 37.0. The normalized spacial score (nSPS) is 21.3. The topological polar surface area (TPSA) is 217 Å². The Morgan fingerprint density at radius 2 is 1.60 bits per heavy atom. The van der Waals surface area contributed by atoms with Crippen molar-refractivity contribution in [1.29, 1.82) is 0 Å². The summed E-state index contributed by atoms with van der Waals surface area (Å²) < 4.78 is 0. The van der Waals surface area contributed by atoms with E-state index in [4.69, 9.17) is 5.11 Å². The molecule has 0 spiro atoms. The van der Waals surface area contributed by atoms with Crippen molar-refractivity contribution < 1.29 is 38.7 Å². The second-order valence-electron chi connectivity index (χ2n) is 13.1. The third-order valence-electron chi connectivity index (χ3n) is 8.86. The summed E-state index contributed by atoms with van der Waals surface area (Å²) in [7, 11) is 0. The summed E-state index contributed by atoms with van der Waals surface area (Å²) >= 11 is 0. The molecule has 0 radical (unpaired) electrons. The van der Waals surface area contributed by atoms with Crippen LogP contribution in [0.4, 0.5) is 0 Å². The lowest BCUT2D eigenvalue weighted by atomic mass is 9.92. The number of rotatable bonds is 15. The molecule has 2 aliphatic rings. The first-order valence-electron chi connectivity index (χ1n) is 16.2. The van der Waals surface area contributed by atoms with Gasteiger partial charge in [0.2, 0.25) is 23.5 Å². The van der Waals surface area contributed by atoms with Gasteiger partial charge in [-0.3, -0.25) is 38.5 Å². The van der Waals surface area contributed by atoms with Crippen LogP contribution in [0.3, 0.4) is 0 Å². The van der Waals surface area contributed by atoms with Crippen molar-refractivity contribution in [3.63, 3.8) is 0 Å². The number of fused-ring (bicyclic) bond motifs is 1. The van der Waals surface area contributed by atoms with Crippen molar-refractivity contribution in [2.45, 2.75) is 104 Å². The minimum absolute atomic E-state index is 0.0358. The highest BCUT2D eigenvalue weighted by Crippen LogP contribution is 2.42. The van der Waals surface area contributed by atoms with Crippen molar-refractivity contribution in [2.75, 3.05) is 6.54 Å². The fourth-order valence-electron chi connectivity index (χ4n) is 6.27. The van der Waals surface area contributed by atoms with Gasteiger partial charge in [0.15, 0.2) is 0 Å². The number of aromatic nitrogens is 2. The molecule has 0 aromatic carbocycles. The Morgan fingerprint density at radius 3 is 2.17 bits per heavy atom. The summed E-state index contributed by atoms with van der Waals surface area (Å²) in [4.78, 5) is 100. The van der Waals surface area contributed by atoms with Crippen LogP contribution in [0, 0.1) is 23.7 Å². The van der Waals surface area contributed by atoms with Gasteiger partial charge in [0.1, 0.15) is 29.9 Å². The van der Waals surface area contributed by atoms with Gasteiger partial charge >= 0.3 is 5.97 Å². The van der Waals surface area contributed by atoms with E-state index in [-0.39, 0.29) is 35.8 Å². The number of carbonyl (C=O) groups is 7. The number of carboxylic acids is 1. The molecule has 2 fully saturated rings. The number of carboxylic acid groups (broad SMARTS) is 1. The van der Waals surface area contributed by atoms with Crippen LogP contribution in [0.15, 0.2) is 18.6 Å². The van der Waals surface area contributed by atoms with E-state index >= 15 is 0 Å². The molecule has 258 valence electrons. The monoisotopic (exact) mass is 657 g/mol. The minimum Gasteiger partial charge on any atom is -0.480 e. The van der Waals surface area contributed by atoms with Crippen molar-refractivity contribution in [2.24, 2.45) is 23.7 Å². The van der Waals surface area contributed by atoms with E-state index in [2.05, 4.69) is 31.2 Å². The molecule has 7 atom stereocenters. The molecule has 3 rings (SSSR count). The number of hydrogen-bond donors (Lipinski definition) is 5. The highest BCUT2D eigenvalue weighted by Gasteiger charge is 2.51. The molecular weight excluding hydrogens is 610 g/mol. The Morgan fingerprint density at radius 1 is 0.915 bits per heavy atom. The zero-order valence-corrected chi connectivity index (χ0v) is 27.8. The maximum atomic E-state index is 14.2. The van der Waals surface area contributed by atoms with Gasteiger partial charge in [0.25, 0.3) is 11.8 Å². The quantitative estimate of drug-likeness (QED) is 0.164. The minimum atomic E-state index is -1.31. The van der Waals surface area contributed by atoms with Crippen LogP contribution in [0.2, 0.25) is 0 Å². The molecule has 47 heavy (non-hydrogen) atoms. The molecule has 1 aliphatic heterocycles. The second-order valence-corrected chi connectivity index (χ2v) is 13.1. The van der Waals surface area contributed by atoms with E-state index in [1.54, 1.807) is 34.6 Å². The first-order chi connectivity index (χ1) is 22.2. The van der Waals surface area contributed by atoms with Gasteiger partial charge in [-0.25, -0.2) is 4.98 Å². The Hall–Kier alpha value is -4.43. The highest BCUT2D eigenvalue weighted by atomic mass is 16.4. The lowest BCUT2D eigenvalue weighted by molar-refractivity contribution is -0.146. The summed E-state index contributed by atoms with van der Waals surface area (Å²) in [5, 5.41) is 19.4. The summed E-state index contributed by atoms with van der Waals surface area (Å²) in [5.41, 5.74) is 0.0358. The zero-order valence-electron chi connectivity index (χ0n) is 27.8. The number of nitrogens with one attached hydrogen (secondary N) is 4. The number of Topliss-reactive ketones (excluding diaryl/α,β-unsaturated/α-hetero) is 1. The van der Waals surface area contributed by atoms with Crippen molar-refractivity contribution in [3.8, 4) is 0 Å². The summed E-state index contributed by atoms with van der Waals surface area (Å²) in [6.07, 6.45) is 7.02. The lowest BCUT2D eigenvalue weighted by Gasteiger charge is -2.34. The number of likely N-dealkylation sites (tertiary alicyclic amines) is 1. The van der Waals surface area contributed by atoms with E-state index in [1.165, 1.54) is 30.4 Å². The summed E-state index contributed by atoms with van der Waals surface area (Å²) in [6.45, 7) is 10.3. The standard InChI is InChI=1S/C32H47N7O8/c1-7-9-21(26(40)30(44)35-18(6)32(46)47)36-29(43)25-20-11-8-10-19(20)15-39(25)31(45)24(17(4)5)38-28(42)23(16(2)3)37-27(41)22-14-33-12-13-34-22/h12-14,16-21,23-25H,7-11,15H2,1-6H3,(H,35,44)(H,36,43)(H,37,41)(H,38,42)(H,46,47)/t18-,19-,20-,21?,23?,24-,25?/m0/s1. The number of aliphatic carboxylic acids is 1. The smallest absolute Gasteiger partial charge is 0.325 e. The van der Waals surface area contributed by atoms with Crippen molar-refractivity contribution >= 4 is 41.3 Å². The number of ketones is 1. The third-order valence-corrected chi connectivity index (χ3v) is 8.86. The first-order valence-corrected chi connectivity index (χ1v) is 16.2. The molecule has 1 saturated heterocycles. The largest absolute Gasteiger partial charge is 0.480 e. The number of nitrogens with zero attached hydrogens (tertiary/aromatic N) is 3. The molecule has 15 nitrogen and oxygen atoms in total. The predicted molar refractivity (Wildman–Crippen MR) is 168 cm³/mol. The fourth-order valence-corrected chi connectivity index (χ4v) is 6.27. The van der Waals surface area contributed by atoms with Crippen LogP contribution in [0.25, 0.3) is 0 Å². The molecule has 15 heteroatoms. The highest BCUT2D eigenvalue weighted by molar-refractivity contribution is 6.38. The zero-order chi connectivity index (χ0) is 35.0. The van der Waals surface area contributed by atoms with Crippen molar-refractivity contribution in [1.82, 2.24) is 36.1 Å². The maximum absolute atomic E-state index is 14.2. The van der Waals surface area contributed by atoms with E-state index < -0.39 is 71.5 Å². The Labute approximate surface area is 274 Å². The third kappa shape index (κ3) is 9.10. The van der Waals surface area contributed by atoms with Crippen LogP contribution in [0.1, 0.15) is 84.1 Å². The summed E-state index contributed by atoms with van der Waals surface area (Å²) in [6, 6.07) is -5.46. The van der Waals surface area contributed by atoms with Crippen molar-refractivity contribution in [3.05, 3.63) is 24.3 Å².